The third-order valence-electron chi connectivity index (χ3n) is 2.80. The lowest BCUT2D eigenvalue weighted by molar-refractivity contribution is 0.318. The number of aryl methyl sites for hydroxylation is 1. The van der Waals surface area contributed by atoms with Crippen LogP contribution in [0.1, 0.15) is 16.7 Å². The van der Waals surface area contributed by atoms with Gasteiger partial charge in [0, 0.05) is 37.5 Å². The smallest absolute Gasteiger partial charge is 0.170 e. The van der Waals surface area contributed by atoms with Crippen LogP contribution in [-0.4, -0.2) is 20.8 Å². The second-order valence-corrected chi connectivity index (χ2v) is 4.27. The summed E-state index contributed by atoms with van der Waals surface area (Å²) in [5, 5.41) is 19.2. The summed E-state index contributed by atoms with van der Waals surface area (Å²) in [6.45, 7) is 1.36. The van der Waals surface area contributed by atoms with Crippen LogP contribution >= 0.6 is 0 Å². The summed E-state index contributed by atoms with van der Waals surface area (Å²) in [6, 6.07) is 7.56. The molecule has 100 valence electrons. The molecule has 0 spiro atoms. The Morgan fingerprint density at radius 3 is 2.89 bits per heavy atom. The highest BCUT2D eigenvalue weighted by atomic mass is 16.4. The number of hydrogen-bond acceptors (Lipinski definition) is 4. The van der Waals surface area contributed by atoms with Gasteiger partial charge in [0.05, 0.1) is 6.20 Å². The van der Waals surface area contributed by atoms with Gasteiger partial charge in [-0.05, 0) is 5.56 Å². The number of benzene rings is 1. The monoisotopic (exact) mass is 259 g/mol. The van der Waals surface area contributed by atoms with Crippen molar-refractivity contribution < 1.29 is 5.21 Å². The van der Waals surface area contributed by atoms with Crippen LogP contribution in [0.3, 0.4) is 0 Å². The number of aromatic nitrogens is 2. The average molecular weight is 259 g/mol. The van der Waals surface area contributed by atoms with E-state index < -0.39 is 0 Å². The van der Waals surface area contributed by atoms with Crippen molar-refractivity contribution in [3.8, 4) is 0 Å². The van der Waals surface area contributed by atoms with E-state index in [1.54, 1.807) is 4.68 Å². The van der Waals surface area contributed by atoms with E-state index in [4.69, 9.17) is 10.9 Å². The Balaban J connectivity index is 2.00. The number of nitrogens with zero attached hydrogens (tertiary/aromatic N) is 3. The van der Waals surface area contributed by atoms with E-state index in [1.807, 2.05) is 43.7 Å². The van der Waals surface area contributed by atoms with Crippen LogP contribution in [0.15, 0.2) is 41.8 Å². The van der Waals surface area contributed by atoms with E-state index in [1.165, 1.54) is 0 Å². The number of amidine groups is 1. The molecular weight excluding hydrogens is 242 g/mol. The normalized spacial score (nSPS) is 11.7. The lowest BCUT2D eigenvalue weighted by Gasteiger charge is -2.08. The first-order valence-corrected chi connectivity index (χ1v) is 5.94. The average Bonchev–Trinajstić information content (AvgIpc) is 2.84. The summed E-state index contributed by atoms with van der Waals surface area (Å²) in [6.07, 6.45) is 3.78. The first-order chi connectivity index (χ1) is 9.20. The molecule has 6 nitrogen and oxygen atoms in total. The van der Waals surface area contributed by atoms with Crippen molar-refractivity contribution in [1.29, 1.82) is 0 Å². The highest BCUT2D eigenvalue weighted by Crippen LogP contribution is 2.08. The summed E-state index contributed by atoms with van der Waals surface area (Å²) >= 11 is 0. The summed E-state index contributed by atoms with van der Waals surface area (Å²) in [5.41, 5.74) is 8.48. The molecule has 0 saturated heterocycles. The molecular formula is C13H17N5O. The molecule has 1 aromatic heterocycles. The van der Waals surface area contributed by atoms with Gasteiger partial charge in [0.15, 0.2) is 5.84 Å². The van der Waals surface area contributed by atoms with E-state index in [-0.39, 0.29) is 5.84 Å². The molecule has 1 aromatic carbocycles. The van der Waals surface area contributed by atoms with Crippen LogP contribution < -0.4 is 11.1 Å². The van der Waals surface area contributed by atoms with Gasteiger partial charge >= 0.3 is 0 Å². The number of rotatable bonds is 5. The maximum absolute atomic E-state index is 8.75. The van der Waals surface area contributed by atoms with E-state index in [0.717, 1.165) is 23.2 Å². The quantitative estimate of drug-likeness (QED) is 0.321. The topological polar surface area (TPSA) is 88.5 Å². The summed E-state index contributed by atoms with van der Waals surface area (Å²) < 4.78 is 1.77. The lowest BCUT2D eigenvalue weighted by Crippen LogP contribution is -2.19. The fraction of sp³-hybridized carbons (Fsp3) is 0.231. The molecule has 0 radical (unpaired) electrons. The van der Waals surface area contributed by atoms with E-state index >= 15 is 0 Å². The molecule has 0 saturated carbocycles. The molecule has 2 rings (SSSR count). The predicted octanol–water partition coefficient (Wildman–Crippen LogP) is 0.804. The van der Waals surface area contributed by atoms with Crippen LogP contribution in [0.25, 0.3) is 0 Å². The molecule has 19 heavy (non-hydrogen) atoms. The zero-order valence-electron chi connectivity index (χ0n) is 10.7. The van der Waals surface area contributed by atoms with Crippen LogP contribution in [-0.2, 0) is 20.1 Å². The summed E-state index contributed by atoms with van der Waals surface area (Å²) in [7, 11) is 1.89. The minimum absolute atomic E-state index is 0.124. The highest BCUT2D eigenvalue weighted by Gasteiger charge is 2.05. The SMILES string of the molecule is Cn1cc(CNCc2ccccc2C(N)=NO)cn1. The van der Waals surface area contributed by atoms with E-state index in [2.05, 4.69) is 15.6 Å². The van der Waals surface area contributed by atoms with E-state index in [9.17, 15) is 0 Å². The Morgan fingerprint density at radius 2 is 2.21 bits per heavy atom. The molecule has 0 amide bonds. The van der Waals surface area contributed by atoms with Crippen molar-refractivity contribution in [2.24, 2.45) is 17.9 Å². The minimum atomic E-state index is 0.124. The van der Waals surface area contributed by atoms with Gasteiger partial charge in [-0.25, -0.2) is 0 Å². The maximum atomic E-state index is 8.75. The third kappa shape index (κ3) is 3.32. The predicted molar refractivity (Wildman–Crippen MR) is 72.7 cm³/mol. The molecule has 0 aliphatic carbocycles. The largest absolute Gasteiger partial charge is 0.409 e. The molecule has 1 heterocycles. The minimum Gasteiger partial charge on any atom is -0.409 e. The molecule has 0 atom stereocenters. The standard InChI is InChI=1S/C13H17N5O/c1-18-9-10(7-16-18)6-15-8-11-4-2-3-5-12(11)13(14)17-19/h2-5,7,9,15,19H,6,8H2,1H3,(H2,14,17). The molecule has 4 N–H and O–H groups in total. The van der Waals surface area contributed by atoms with E-state index in [0.29, 0.717) is 6.54 Å². The number of oxime groups is 1. The van der Waals surface area contributed by atoms with Crippen molar-refractivity contribution in [3.05, 3.63) is 53.3 Å². The fourth-order valence-electron chi connectivity index (χ4n) is 1.88. The molecule has 0 unspecified atom stereocenters. The Hall–Kier alpha value is -2.34. The van der Waals surface area contributed by atoms with Gasteiger partial charge in [-0.15, -0.1) is 0 Å². The zero-order valence-corrected chi connectivity index (χ0v) is 10.7. The molecule has 2 aromatic rings. The van der Waals surface area contributed by atoms with Gasteiger partial charge in [0.25, 0.3) is 0 Å². The van der Waals surface area contributed by atoms with Crippen molar-refractivity contribution in [1.82, 2.24) is 15.1 Å². The van der Waals surface area contributed by atoms with Gasteiger partial charge in [0.2, 0.25) is 0 Å². The Bertz CT molecular complexity index is 576. The summed E-state index contributed by atoms with van der Waals surface area (Å²) in [5.74, 6) is 0.124. The third-order valence-corrected chi connectivity index (χ3v) is 2.80. The van der Waals surface area contributed by atoms with Crippen LogP contribution in [0.4, 0.5) is 0 Å². The second-order valence-electron chi connectivity index (χ2n) is 4.27. The lowest BCUT2D eigenvalue weighted by atomic mass is 10.1. The van der Waals surface area contributed by atoms with Gasteiger partial charge in [-0.3, -0.25) is 4.68 Å². The van der Waals surface area contributed by atoms with Gasteiger partial charge in [-0.2, -0.15) is 5.10 Å². The maximum Gasteiger partial charge on any atom is 0.170 e. The molecule has 0 fully saturated rings. The van der Waals surface area contributed by atoms with Crippen LogP contribution in [0.5, 0.6) is 0 Å². The zero-order chi connectivity index (χ0) is 13.7. The number of hydrogen-bond donors (Lipinski definition) is 3. The Kier molecular flexibility index (Phi) is 4.15. The molecule has 6 heteroatoms. The van der Waals surface area contributed by atoms with Gasteiger partial charge in [0.1, 0.15) is 0 Å². The Labute approximate surface area is 111 Å². The number of nitrogens with one attached hydrogen (secondary N) is 1. The highest BCUT2D eigenvalue weighted by molar-refractivity contribution is 5.98. The van der Waals surface area contributed by atoms with Crippen molar-refractivity contribution in [2.45, 2.75) is 13.1 Å². The second kappa shape index (κ2) is 6.01. The molecule has 0 aliphatic heterocycles. The van der Waals surface area contributed by atoms with Crippen LogP contribution in [0.2, 0.25) is 0 Å². The first-order valence-electron chi connectivity index (χ1n) is 5.94. The summed E-state index contributed by atoms with van der Waals surface area (Å²) in [4.78, 5) is 0. The van der Waals surface area contributed by atoms with Crippen molar-refractivity contribution in [2.75, 3.05) is 0 Å². The van der Waals surface area contributed by atoms with Gasteiger partial charge in [-0.1, -0.05) is 29.4 Å². The molecule has 0 aliphatic rings. The fourth-order valence-corrected chi connectivity index (χ4v) is 1.88. The van der Waals surface area contributed by atoms with Crippen molar-refractivity contribution >= 4 is 5.84 Å². The molecule has 0 bridgehead atoms. The first kappa shape index (κ1) is 13.1. The van der Waals surface area contributed by atoms with Gasteiger partial charge < -0.3 is 16.3 Å². The van der Waals surface area contributed by atoms with Crippen LogP contribution in [0, 0.1) is 0 Å². The Morgan fingerprint density at radius 1 is 1.42 bits per heavy atom. The van der Waals surface area contributed by atoms with Crippen molar-refractivity contribution in [3.63, 3.8) is 0 Å². The number of nitrogens with two attached hydrogens (primary N) is 1.